The summed E-state index contributed by atoms with van der Waals surface area (Å²) in [7, 11) is 0. The minimum Gasteiger partial charge on any atom is -0.493 e. The van der Waals surface area contributed by atoms with Crippen LogP contribution < -0.4 is 10.1 Å². The molecule has 2 N–H and O–H groups in total. The third-order valence-corrected chi connectivity index (χ3v) is 6.61. The topological polar surface area (TPSA) is 63.6 Å². The van der Waals surface area contributed by atoms with Crippen LogP contribution in [0.2, 0.25) is 0 Å². The van der Waals surface area contributed by atoms with E-state index in [-0.39, 0.29) is 12.2 Å². The van der Waals surface area contributed by atoms with Crippen molar-refractivity contribution in [1.82, 2.24) is 4.98 Å². The summed E-state index contributed by atoms with van der Waals surface area (Å²) in [5, 5.41) is 12.5. The molecule has 1 aliphatic carbocycles. The van der Waals surface area contributed by atoms with E-state index < -0.39 is 0 Å². The van der Waals surface area contributed by atoms with Gasteiger partial charge in [-0.1, -0.05) is 42.5 Å². The summed E-state index contributed by atoms with van der Waals surface area (Å²) in [6.45, 7) is 1.60. The van der Waals surface area contributed by atoms with Crippen LogP contribution in [0.25, 0.3) is 0 Å². The third-order valence-electron chi connectivity index (χ3n) is 6.61. The first-order chi connectivity index (χ1) is 15.3. The van der Waals surface area contributed by atoms with Gasteiger partial charge in [-0.15, -0.1) is 0 Å². The number of pyridine rings is 1. The van der Waals surface area contributed by atoms with E-state index in [2.05, 4.69) is 58.8 Å². The second kappa shape index (κ2) is 8.69. The molecule has 1 saturated carbocycles. The molecule has 5 rings (SSSR count). The van der Waals surface area contributed by atoms with Gasteiger partial charge in [0.1, 0.15) is 12.5 Å². The molecule has 0 saturated heterocycles. The Hall–Kier alpha value is -2.89. The second-order valence-electron chi connectivity index (χ2n) is 8.43. The number of anilines is 1. The Morgan fingerprint density at radius 3 is 2.77 bits per heavy atom. The van der Waals surface area contributed by atoms with Gasteiger partial charge in [0, 0.05) is 29.6 Å². The van der Waals surface area contributed by atoms with Crippen LogP contribution in [0.1, 0.15) is 47.4 Å². The summed E-state index contributed by atoms with van der Waals surface area (Å²) in [5.74, 6) is 1.39. The fourth-order valence-electron chi connectivity index (χ4n) is 4.70. The van der Waals surface area contributed by atoms with Crippen molar-refractivity contribution in [2.45, 2.75) is 37.2 Å². The van der Waals surface area contributed by atoms with Gasteiger partial charge in [-0.2, -0.15) is 0 Å². The zero-order valence-electron chi connectivity index (χ0n) is 17.6. The highest BCUT2D eigenvalue weighted by Gasteiger charge is 2.46. The van der Waals surface area contributed by atoms with Gasteiger partial charge in [0.15, 0.2) is 0 Å². The molecule has 5 heteroatoms. The fourth-order valence-corrected chi connectivity index (χ4v) is 4.70. The average molecular weight is 417 g/mol. The van der Waals surface area contributed by atoms with Crippen molar-refractivity contribution in [3.05, 3.63) is 89.2 Å². The SMILES string of the molecule is OCOCc1ccncc1NC[C@@H]1CCOc2cc(C3(c4ccccc4)CC3)ccc21. The van der Waals surface area contributed by atoms with Gasteiger partial charge in [0.2, 0.25) is 0 Å². The van der Waals surface area contributed by atoms with Gasteiger partial charge in [-0.05, 0) is 48.1 Å². The van der Waals surface area contributed by atoms with Gasteiger partial charge in [-0.25, -0.2) is 0 Å². The molecule has 160 valence electrons. The summed E-state index contributed by atoms with van der Waals surface area (Å²) >= 11 is 0. The van der Waals surface area contributed by atoms with E-state index in [1.165, 1.54) is 29.5 Å². The Labute approximate surface area is 183 Å². The molecule has 2 aromatic carbocycles. The molecule has 0 radical (unpaired) electrons. The number of benzene rings is 2. The molecule has 0 unspecified atom stereocenters. The number of nitrogens with zero attached hydrogens (tertiary/aromatic N) is 1. The highest BCUT2D eigenvalue weighted by molar-refractivity contribution is 5.52. The molecule has 1 aliphatic heterocycles. The van der Waals surface area contributed by atoms with Crippen molar-refractivity contribution in [1.29, 1.82) is 0 Å². The van der Waals surface area contributed by atoms with Crippen LogP contribution in [0.5, 0.6) is 5.75 Å². The molecule has 0 spiro atoms. The van der Waals surface area contributed by atoms with E-state index in [0.717, 1.165) is 36.6 Å². The molecule has 1 aromatic heterocycles. The summed E-state index contributed by atoms with van der Waals surface area (Å²) in [4.78, 5) is 4.23. The highest BCUT2D eigenvalue weighted by Crippen LogP contribution is 2.54. The molecule has 0 amide bonds. The van der Waals surface area contributed by atoms with Gasteiger partial charge in [-0.3, -0.25) is 4.98 Å². The van der Waals surface area contributed by atoms with E-state index in [0.29, 0.717) is 12.5 Å². The number of rotatable bonds is 8. The van der Waals surface area contributed by atoms with Crippen molar-refractivity contribution in [2.24, 2.45) is 0 Å². The third kappa shape index (κ3) is 4.03. The Balaban J connectivity index is 1.34. The molecular formula is C26H28N2O3. The standard InChI is InChI=1S/C26H28N2O3/c29-18-30-17-20-8-12-27-16-24(20)28-15-19-9-13-31-25-14-22(6-7-23(19)25)26(10-11-26)21-4-2-1-3-5-21/h1-8,12,14,16,19,28-29H,9-11,13,15,17-18H2/t19-/m0/s1. The number of hydrogen-bond donors (Lipinski definition) is 2. The fraction of sp³-hybridized carbons (Fsp3) is 0.346. The van der Waals surface area contributed by atoms with Crippen molar-refractivity contribution >= 4 is 5.69 Å². The summed E-state index contributed by atoms with van der Waals surface area (Å²) in [6, 6.07) is 19.6. The first kappa shape index (κ1) is 20.0. The molecule has 31 heavy (non-hydrogen) atoms. The Bertz CT molecular complexity index is 1030. The molecular weight excluding hydrogens is 388 g/mol. The minimum absolute atomic E-state index is 0.155. The van der Waals surface area contributed by atoms with Gasteiger partial charge in [0.05, 0.1) is 25.1 Å². The Morgan fingerprint density at radius 2 is 1.97 bits per heavy atom. The number of aromatic nitrogens is 1. The van der Waals surface area contributed by atoms with Crippen molar-refractivity contribution < 1.29 is 14.6 Å². The van der Waals surface area contributed by atoms with E-state index in [4.69, 9.17) is 14.6 Å². The maximum Gasteiger partial charge on any atom is 0.144 e. The Morgan fingerprint density at radius 1 is 1.10 bits per heavy atom. The van der Waals surface area contributed by atoms with Gasteiger partial charge < -0.3 is 19.9 Å². The second-order valence-corrected chi connectivity index (χ2v) is 8.43. The number of fused-ring (bicyclic) bond motifs is 1. The summed E-state index contributed by atoms with van der Waals surface area (Å²) in [6.07, 6.45) is 6.93. The molecule has 1 atom stereocenters. The lowest BCUT2D eigenvalue weighted by atomic mass is 9.85. The molecule has 1 fully saturated rings. The maximum atomic E-state index is 8.95. The molecule has 5 nitrogen and oxygen atoms in total. The maximum absolute atomic E-state index is 8.95. The quantitative estimate of drug-likeness (QED) is 0.525. The van der Waals surface area contributed by atoms with Crippen LogP contribution in [0, 0.1) is 0 Å². The number of ether oxygens (including phenoxy) is 2. The van der Waals surface area contributed by atoms with Gasteiger partial charge in [0.25, 0.3) is 0 Å². The van der Waals surface area contributed by atoms with Crippen LogP contribution in [-0.2, 0) is 16.8 Å². The lowest BCUT2D eigenvalue weighted by molar-refractivity contribution is -0.0110. The van der Waals surface area contributed by atoms with Crippen LogP contribution in [0.3, 0.4) is 0 Å². The summed E-state index contributed by atoms with van der Waals surface area (Å²) in [5.41, 5.74) is 6.12. The van der Waals surface area contributed by atoms with Crippen molar-refractivity contribution in [3.63, 3.8) is 0 Å². The van der Waals surface area contributed by atoms with E-state index >= 15 is 0 Å². The van der Waals surface area contributed by atoms with Crippen LogP contribution >= 0.6 is 0 Å². The first-order valence-corrected chi connectivity index (χ1v) is 11.0. The molecule has 2 heterocycles. The average Bonchev–Trinajstić information content (AvgIpc) is 3.64. The number of aliphatic hydroxyl groups excluding tert-OH is 1. The predicted molar refractivity (Wildman–Crippen MR) is 120 cm³/mol. The monoisotopic (exact) mass is 416 g/mol. The number of nitrogens with one attached hydrogen (secondary N) is 1. The largest absolute Gasteiger partial charge is 0.493 e. The van der Waals surface area contributed by atoms with Crippen LogP contribution in [-0.4, -0.2) is 30.0 Å². The van der Waals surface area contributed by atoms with Gasteiger partial charge >= 0.3 is 0 Å². The predicted octanol–water partition coefficient (Wildman–Crippen LogP) is 4.61. The zero-order valence-corrected chi connectivity index (χ0v) is 17.6. The van der Waals surface area contributed by atoms with Crippen molar-refractivity contribution in [2.75, 3.05) is 25.3 Å². The molecule has 3 aromatic rings. The van der Waals surface area contributed by atoms with E-state index in [9.17, 15) is 0 Å². The lowest BCUT2D eigenvalue weighted by Gasteiger charge is -2.28. The van der Waals surface area contributed by atoms with Crippen LogP contribution in [0.15, 0.2) is 67.0 Å². The first-order valence-electron chi connectivity index (χ1n) is 11.0. The normalized spacial score (nSPS) is 18.7. The number of aliphatic hydroxyl groups is 1. The molecule has 0 bridgehead atoms. The smallest absolute Gasteiger partial charge is 0.144 e. The van der Waals surface area contributed by atoms with E-state index in [1.807, 2.05) is 12.3 Å². The highest BCUT2D eigenvalue weighted by atomic mass is 16.6. The van der Waals surface area contributed by atoms with Crippen molar-refractivity contribution in [3.8, 4) is 5.75 Å². The zero-order chi connectivity index (χ0) is 21.1. The molecule has 2 aliphatic rings. The number of hydrogen-bond acceptors (Lipinski definition) is 5. The Kier molecular flexibility index (Phi) is 5.62. The van der Waals surface area contributed by atoms with Crippen LogP contribution in [0.4, 0.5) is 5.69 Å². The van der Waals surface area contributed by atoms with E-state index in [1.54, 1.807) is 6.20 Å². The lowest BCUT2D eigenvalue weighted by Crippen LogP contribution is -2.22. The summed E-state index contributed by atoms with van der Waals surface area (Å²) < 4.78 is 11.3. The minimum atomic E-state index is -0.290.